The van der Waals surface area contributed by atoms with E-state index < -0.39 is 5.82 Å². The molecule has 3 nitrogen and oxygen atoms in total. The number of aliphatic hydroxyl groups is 1. The molecule has 0 aliphatic carbocycles. The van der Waals surface area contributed by atoms with Crippen LogP contribution in [-0.4, -0.2) is 10.2 Å². The van der Waals surface area contributed by atoms with Crippen LogP contribution in [0.1, 0.15) is 16.7 Å². The van der Waals surface area contributed by atoms with Crippen molar-refractivity contribution < 1.29 is 14.6 Å². The lowest BCUT2D eigenvalue weighted by molar-refractivity contribution is 0.281. The van der Waals surface area contributed by atoms with Crippen LogP contribution in [0, 0.1) is 5.82 Å². The molecule has 0 atom stereocenters. The lowest BCUT2D eigenvalue weighted by Crippen LogP contribution is -2.12. The summed E-state index contributed by atoms with van der Waals surface area (Å²) in [6.07, 6.45) is 0. The van der Waals surface area contributed by atoms with Crippen LogP contribution in [0.5, 0.6) is 5.75 Å². The molecule has 0 heterocycles. The van der Waals surface area contributed by atoms with Crippen LogP contribution in [0.2, 0.25) is 0 Å². The monoisotopic (exact) mass is 261 g/mol. The Balaban J connectivity index is 1.90. The van der Waals surface area contributed by atoms with Crippen LogP contribution in [0.3, 0.4) is 0 Å². The summed E-state index contributed by atoms with van der Waals surface area (Å²) in [5, 5.41) is 21.3. The minimum atomic E-state index is -0.610. The molecule has 0 spiro atoms. The molecule has 0 saturated heterocycles. The maximum atomic E-state index is 13.1. The minimum absolute atomic E-state index is 0.0248. The molecule has 3 N–H and O–H groups in total. The first-order valence-electron chi connectivity index (χ1n) is 6.06. The van der Waals surface area contributed by atoms with Crippen molar-refractivity contribution in [3.05, 3.63) is 65.0 Å². The Labute approximate surface area is 111 Å². The Hall–Kier alpha value is -1.91. The van der Waals surface area contributed by atoms with E-state index in [0.29, 0.717) is 13.1 Å². The number of hydrogen-bond donors (Lipinski definition) is 3. The third kappa shape index (κ3) is 3.77. The number of hydrogen-bond acceptors (Lipinski definition) is 3. The van der Waals surface area contributed by atoms with Gasteiger partial charge in [0.25, 0.3) is 0 Å². The van der Waals surface area contributed by atoms with Crippen molar-refractivity contribution in [2.45, 2.75) is 19.7 Å². The minimum Gasteiger partial charge on any atom is -0.505 e. The molecule has 0 unspecified atom stereocenters. The van der Waals surface area contributed by atoms with Gasteiger partial charge in [-0.2, -0.15) is 0 Å². The smallest absolute Gasteiger partial charge is 0.165 e. The van der Waals surface area contributed by atoms with E-state index >= 15 is 0 Å². The molecule has 0 fully saturated rings. The predicted octanol–water partition coefficient (Wildman–Crippen LogP) is 2.31. The van der Waals surface area contributed by atoms with Gasteiger partial charge < -0.3 is 15.5 Å². The average molecular weight is 261 g/mol. The van der Waals surface area contributed by atoms with Gasteiger partial charge >= 0.3 is 0 Å². The van der Waals surface area contributed by atoms with Crippen molar-refractivity contribution in [1.29, 1.82) is 0 Å². The van der Waals surface area contributed by atoms with Gasteiger partial charge in [-0.1, -0.05) is 30.3 Å². The molecular weight excluding hydrogens is 245 g/mol. The molecule has 4 heteroatoms. The van der Waals surface area contributed by atoms with Gasteiger partial charge in [-0.15, -0.1) is 0 Å². The number of nitrogens with one attached hydrogen (secondary N) is 1. The van der Waals surface area contributed by atoms with Crippen molar-refractivity contribution in [2.24, 2.45) is 0 Å². The zero-order chi connectivity index (χ0) is 13.7. The van der Waals surface area contributed by atoms with E-state index in [1.165, 1.54) is 12.1 Å². The third-order valence-electron chi connectivity index (χ3n) is 2.84. The first kappa shape index (κ1) is 13.5. The molecule has 0 aliphatic rings. The Morgan fingerprint density at radius 3 is 2.32 bits per heavy atom. The summed E-state index contributed by atoms with van der Waals surface area (Å²) in [4.78, 5) is 0. The molecule has 0 radical (unpaired) electrons. The standard InChI is InChI=1S/C15H16FNO2/c16-14-7-12(4-5-15(14)19)9-17-8-11-2-1-3-13(6-11)10-18/h1-7,17-19H,8-10H2. The zero-order valence-corrected chi connectivity index (χ0v) is 10.4. The highest BCUT2D eigenvalue weighted by molar-refractivity contribution is 5.28. The van der Waals surface area contributed by atoms with Gasteiger partial charge in [0.2, 0.25) is 0 Å². The number of benzene rings is 2. The molecule has 0 aromatic heterocycles. The number of aromatic hydroxyl groups is 1. The first-order chi connectivity index (χ1) is 9.19. The van der Waals surface area contributed by atoms with Crippen LogP contribution in [-0.2, 0) is 19.7 Å². The van der Waals surface area contributed by atoms with Gasteiger partial charge in [0.1, 0.15) is 0 Å². The highest BCUT2D eigenvalue weighted by atomic mass is 19.1. The Bertz CT molecular complexity index is 558. The number of phenols is 1. The van der Waals surface area contributed by atoms with Crippen molar-refractivity contribution >= 4 is 0 Å². The van der Waals surface area contributed by atoms with E-state index in [0.717, 1.165) is 16.7 Å². The van der Waals surface area contributed by atoms with Crippen molar-refractivity contribution in [3.63, 3.8) is 0 Å². The Morgan fingerprint density at radius 1 is 0.947 bits per heavy atom. The van der Waals surface area contributed by atoms with Gasteiger partial charge in [-0.3, -0.25) is 0 Å². The van der Waals surface area contributed by atoms with Gasteiger partial charge in [-0.25, -0.2) is 4.39 Å². The molecule has 100 valence electrons. The van der Waals surface area contributed by atoms with E-state index in [1.807, 2.05) is 24.3 Å². The van der Waals surface area contributed by atoms with E-state index in [2.05, 4.69) is 5.32 Å². The second kappa shape index (κ2) is 6.31. The summed E-state index contributed by atoms with van der Waals surface area (Å²) >= 11 is 0. The highest BCUT2D eigenvalue weighted by Gasteiger charge is 2.01. The lowest BCUT2D eigenvalue weighted by Gasteiger charge is -2.07. The Morgan fingerprint density at radius 2 is 1.63 bits per heavy atom. The van der Waals surface area contributed by atoms with Crippen LogP contribution >= 0.6 is 0 Å². The molecule has 0 aliphatic heterocycles. The lowest BCUT2D eigenvalue weighted by atomic mass is 10.1. The topological polar surface area (TPSA) is 52.5 Å². The highest BCUT2D eigenvalue weighted by Crippen LogP contribution is 2.16. The second-order valence-electron chi connectivity index (χ2n) is 4.37. The van der Waals surface area contributed by atoms with Crippen molar-refractivity contribution in [2.75, 3.05) is 0 Å². The van der Waals surface area contributed by atoms with Crippen LogP contribution in [0.15, 0.2) is 42.5 Å². The number of rotatable bonds is 5. The number of phenolic OH excluding ortho intramolecular Hbond substituents is 1. The molecule has 0 bridgehead atoms. The molecule has 2 rings (SSSR count). The zero-order valence-electron chi connectivity index (χ0n) is 10.4. The fourth-order valence-corrected chi connectivity index (χ4v) is 1.85. The maximum Gasteiger partial charge on any atom is 0.165 e. The van der Waals surface area contributed by atoms with Crippen LogP contribution in [0.25, 0.3) is 0 Å². The van der Waals surface area contributed by atoms with Crippen molar-refractivity contribution in [3.8, 4) is 5.75 Å². The SMILES string of the molecule is OCc1cccc(CNCc2ccc(O)c(F)c2)c1. The summed E-state index contributed by atoms with van der Waals surface area (Å²) in [5.41, 5.74) is 2.70. The van der Waals surface area contributed by atoms with E-state index in [1.54, 1.807) is 6.07 Å². The molecule has 2 aromatic carbocycles. The summed E-state index contributed by atoms with van der Waals surface area (Å²) in [5.74, 6) is -0.944. The van der Waals surface area contributed by atoms with Crippen molar-refractivity contribution in [1.82, 2.24) is 5.32 Å². The summed E-state index contributed by atoms with van der Waals surface area (Å²) in [6, 6.07) is 12.0. The average Bonchev–Trinajstić information content (AvgIpc) is 2.43. The summed E-state index contributed by atoms with van der Waals surface area (Å²) < 4.78 is 13.1. The summed E-state index contributed by atoms with van der Waals surface area (Å²) in [6.45, 7) is 1.17. The molecular formula is C15H16FNO2. The fraction of sp³-hybridized carbons (Fsp3) is 0.200. The normalized spacial score (nSPS) is 10.6. The first-order valence-corrected chi connectivity index (χ1v) is 6.06. The quantitative estimate of drug-likeness (QED) is 0.774. The van der Waals surface area contributed by atoms with E-state index in [4.69, 9.17) is 10.2 Å². The fourth-order valence-electron chi connectivity index (χ4n) is 1.85. The molecule has 0 saturated carbocycles. The van der Waals surface area contributed by atoms with Gasteiger partial charge in [-0.05, 0) is 28.8 Å². The van der Waals surface area contributed by atoms with Crippen LogP contribution in [0.4, 0.5) is 4.39 Å². The largest absolute Gasteiger partial charge is 0.505 e. The maximum absolute atomic E-state index is 13.1. The number of halogens is 1. The van der Waals surface area contributed by atoms with Gasteiger partial charge in [0.15, 0.2) is 11.6 Å². The Kier molecular flexibility index (Phi) is 4.49. The van der Waals surface area contributed by atoms with E-state index in [9.17, 15) is 4.39 Å². The summed E-state index contributed by atoms with van der Waals surface area (Å²) in [7, 11) is 0. The molecule has 0 amide bonds. The van der Waals surface area contributed by atoms with Gasteiger partial charge in [0, 0.05) is 13.1 Å². The second-order valence-corrected chi connectivity index (χ2v) is 4.37. The van der Waals surface area contributed by atoms with Gasteiger partial charge in [0.05, 0.1) is 6.61 Å². The third-order valence-corrected chi connectivity index (χ3v) is 2.84. The molecule has 2 aromatic rings. The van der Waals surface area contributed by atoms with E-state index in [-0.39, 0.29) is 12.4 Å². The van der Waals surface area contributed by atoms with Crippen LogP contribution < -0.4 is 5.32 Å². The number of aliphatic hydroxyl groups excluding tert-OH is 1. The molecule has 19 heavy (non-hydrogen) atoms. The predicted molar refractivity (Wildman–Crippen MR) is 71.0 cm³/mol.